The number of likely N-dealkylation sites (tertiary alicyclic amines) is 1. The van der Waals surface area contributed by atoms with Crippen molar-refractivity contribution in [2.45, 2.75) is 24.7 Å². The van der Waals surface area contributed by atoms with E-state index in [1.165, 1.54) is 0 Å². The third-order valence-corrected chi connectivity index (χ3v) is 5.46. The fourth-order valence-corrected chi connectivity index (χ4v) is 4.10. The molecule has 0 unspecified atom stereocenters. The van der Waals surface area contributed by atoms with E-state index in [1.54, 1.807) is 0 Å². The summed E-state index contributed by atoms with van der Waals surface area (Å²) in [6.07, 6.45) is 2.38. The van der Waals surface area contributed by atoms with Crippen LogP contribution in [0.4, 0.5) is 5.69 Å². The zero-order valence-electron chi connectivity index (χ0n) is 12.6. The second-order valence-corrected chi connectivity index (χ2v) is 6.60. The molecule has 0 bridgehead atoms. The first kappa shape index (κ1) is 13.8. The van der Waals surface area contributed by atoms with Gasteiger partial charge in [0.1, 0.15) is 0 Å². The van der Waals surface area contributed by atoms with Crippen LogP contribution in [-0.4, -0.2) is 42.9 Å². The minimum Gasteiger partial charge on any atom is -0.342 e. The second kappa shape index (κ2) is 5.09. The van der Waals surface area contributed by atoms with E-state index in [0.717, 1.165) is 43.6 Å². The molecule has 3 heterocycles. The van der Waals surface area contributed by atoms with Gasteiger partial charge >= 0.3 is 0 Å². The van der Waals surface area contributed by atoms with Gasteiger partial charge in [0.05, 0.1) is 11.3 Å². The Kier molecular flexibility index (Phi) is 3.18. The molecule has 5 nitrogen and oxygen atoms in total. The molecule has 1 aromatic rings. The summed E-state index contributed by atoms with van der Waals surface area (Å²) in [4.78, 5) is 27.0. The van der Waals surface area contributed by atoms with Crippen molar-refractivity contribution in [1.82, 2.24) is 10.2 Å². The molecule has 0 saturated carbocycles. The van der Waals surface area contributed by atoms with Gasteiger partial charge in [0, 0.05) is 25.3 Å². The minimum atomic E-state index is -0.429. The van der Waals surface area contributed by atoms with E-state index in [4.69, 9.17) is 0 Å². The van der Waals surface area contributed by atoms with Crippen LogP contribution in [0.1, 0.15) is 24.8 Å². The zero-order chi connectivity index (χ0) is 15.2. The maximum Gasteiger partial charge on any atom is 0.235 e. The number of nitrogens with one attached hydrogen (secondary N) is 2. The second-order valence-electron chi connectivity index (χ2n) is 6.60. The Balaban J connectivity index is 1.52. The van der Waals surface area contributed by atoms with Crippen LogP contribution in [0.2, 0.25) is 0 Å². The van der Waals surface area contributed by atoms with E-state index in [1.807, 2.05) is 29.2 Å². The molecule has 2 saturated heterocycles. The fourth-order valence-electron chi connectivity index (χ4n) is 4.10. The molecule has 116 valence electrons. The molecule has 0 radical (unpaired) electrons. The van der Waals surface area contributed by atoms with Gasteiger partial charge < -0.3 is 15.5 Å². The monoisotopic (exact) mass is 299 g/mol. The van der Waals surface area contributed by atoms with Crippen molar-refractivity contribution in [2.75, 3.05) is 31.5 Å². The number of para-hydroxylation sites is 1. The highest BCUT2D eigenvalue weighted by Gasteiger charge is 2.49. The van der Waals surface area contributed by atoms with Crippen molar-refractivity contribution >= 4 is 17.5 Å². The number of fused-ring (bicyclic) bond motifs is 2. The van der Waals surface area contributed by atoms with Crippen LogP contribution in [0.15, 0.2) is 24.3 Å². The predicted molar refractivity (Wildman–Crippen MR) is 83.5 cm³/mol. The Morgan fingerprint density at radius 1 is 1.23 bits per heavy atom. The van der Waals surface area contributed by atoms with Crippen molar-refractivity contribution in [3.05, 3.63) is 29.8 Å². The first-order valence-corrected chi connectivity index (χ1v) is 8.11. The highest BCUT2D eigenvalue weighted by atomic mass is 16.2. The molecule has 5 heteroatoms. The molecule has 3 aliphatic heterocycles. The molecular formula is C17H21N3O2. The van der Waals surface area contributed by atoms with Crippen LogP contribution in [0, 0.1) is 5.92 Å². The third kappa shape index (κ3) is 1.96. The number of hydrogen-bond donors (Lipinski definition) is 2. The average Bonchev–Trinajstić information content (AvgIpc) is 3.16. The van der Waals surface area contributed by atoms with Gasteiger partial charge in [-0.05, 0) is 37.4 Å². The highest BCUT2D eigenvalue weighted by Crippen LogP contribution is 2.44. The van der Waals surface area contributed by atoms with Gasteiger partial charge in [-0.1, -0.05) is 18.2 Å². The summed E-state index contributed by atoms with van der Waals surface area (Å²) in [6.45, 7) is 3.09. The van der Waals surface area contributed by atoms with Crippen molar-refractivity contribution in [2.24, 2.45) is 5.92 Å². The molecule has 1 spiro atoms. The first-order chi connectivity index (χ1) is 10.7. The van der Waals surface area contributed by atoms with Crippen LogP contribution in [0.3, 0.4) is 0 Å². The SMILES string of the molecule is O=C([C@@H]1CCNC1)N1CCC2(CC1)C(=O)Nc1ccccc12. The smallest absolute Gasteiger partial charge is 0.235 e. The summed E-state index contributed by atoms with van der Waals surface area (Å²) in [5, 5.41) is 6.25. The van der Waals surface area contributed by atoms with E-state index in [-0.39, 0.29) is 17.7 Å². The van der Waals surface area contributed by atoms with E-state index >= 15 is 0 Å². The van der Waals surface area contributed by atoms with Gasteiger partial charge in [-0.15, -0.1) is 0 Å². The van der Waals surface area contributed by atoms with Crippen LogP contribution in [0.25, 0.3) is 0 Å². The number of carbonyl (C=O) groups is 2. The summed E-state index contributed by atoms with van der Waals surface area (Å²) >= 11 is 0. The van der Waals surface area contributed by atoms with Crippen LogP contribution < -0.4 is 10.6 Å². The topological polar surface area (TPSA) is 61.4 Å². The Hall–Kier alpha value is -1.88. The molecular weight excluding hydrogens is 278 g/mol. The number of nitrogens with zero attached hydrogens (tertiary/aromatic N) is 1. The molecule has 3 aliphatic rings. The maximum atomic E-state index is 12.5. The van der Waals surface area contributed by atoms with E-state index in [0.29, 0.717) is 13.1 Å². The lowest BCUT2D eigenvalue weighted by Gasteiger charge is -2.38. The van der Waals surface area contributed by atoms with Crippen molar-refractivity contribution < 1.29 is 9.59 Å². The summed E-state index contributed by atoms with van der Waals surface area (Å²) in [7, 11) is 0. The molecule has 4 rings (SSSR count). The van der Waals surface area contributed by atoms with Crippen LogP contribution >= 0.6 is 0 Å². The van der Waals surface area contributed by atoms with Gasteiger partial charge in [-0.25, -0.2) is 0 Å². The van der Waals surface area contributed by atoms with Crippen molar-refractivity contribution in [3.8, 4) is 0 Å². The van der Waals surface area contributed by atoms with E-state index in [9.17, 15) is 9.59 Å². The molecule has 2 fully saturated rings. The Labute approximate surface area is 130 Å². The van der Waals surface area contributed by atoms with Gasteiger partial charge in [0.2, 0.25) is 11.8 Å². The Bertz CT molecular complexity index is 614. The number of carbonyl (C=O) groups excluding carboxylic acids is 2. The van der Waals surface area contributed by atoms with Crippen LogP contribution in [0.5, 0.6) is 0 Å². The van der Waals surface area contributed by atoms with E-state index < -0.39 is 5.41 Å². The number of hydrogen-bond acceptors (Lipinski definition) is 3. The van der Waals surface area contributed by atoms with Crippen molar-refractivity contribution in [3.63, 3.8) is 0 Å². The summed E-state index contributed by atoms with van der Waals surface area (Å²) in [5.74, 6) is 0.480. The molecule has 22 heavy (non-hydrogen) atoms. The Morgan fingerprint density at radius 3 is 2.73 bits per heavy atom. The summed E-state index contributed by atoms with van der Waals surface area (Å²) in [5.41, 5.74) is 1.61. The number of anilines is 1. The molecule has 2 amide bonds. The number of benzene rings is 1. The highest BCUT2D eigenvalue weighted by molar-refractivity contribution is 6.06. The van der Waals surface area contributed by atoms with Gasteiger partial charge in [0.25, 0.3) is 0 Å². The van der Waals surface area contributed by atoms with Gasteiger partial charge in [-0.3, -0.25) is 9.59 Å². The molecule has 0 aliphatic carbocycles. The zero-order valence-corrected chi connectivity index (χ0v) is 12.6. The van der Waals surface area contributed by atoms with E-state index in [2.05, 4.69) is 10.6 Å². The number of amides is 2. The van der Waals surface area contributed by atoms with Gasteiger partial charge in [-0.2, -0.15) is 0 Å². The summed E-state index contributed by atoms with van der Waals surface area (Å²) in [6, 6.07) is 7.95. The molecule has 1 aromatic carbocycles. The first-order valence-electron chi connectivity index (χ1n) is 8.11. The quantitative estimate of drug-likeness (QED) is 0.816. The minimum absolute atomic E-state index is 0.100. The van der Waals surface area contributed by atoms with Crippen LogP contribution in [-0.2, 0) is 15.0 Å². The summed E-state index contributed by atoms with van der Waals surface area (Å²) < 4.78 is 0. The predicted octanol–water partition coefficient (Wildman–Crippen LogP) is 1.11. The maximum absolute atomic E-state index is 12.5. The lowest BCUT2D eigenvalue weighted by atomic mass is 9.73. The third-order valence-electron chi connectivity index (χ3n) is 5.46. The molecule has 1 atom stereocenters. The fraction of sp³-hybridized carbons (Fsp3) is 0.529. The number of piperidine rings is 1. The molecule has 0 aromatic heterocycles. The lowest BCUT2D eigenvalue weighted by molar-refractivity contribution is -0.138. The normalized spacial score (nSPS) is 26.1. The average molecular weight is 299 g/mol. The standard InChI is InChI=1S/C17H21N3O2/c21-15(12-5-8-18-11-12)20-9-6-17(7-10-20)13-3-1-2-4-14(13)19-16(17)22/h1-4,12,18H,5-11H2,(H,19,22)/t12-/m1/s1. The number of rotatable bonds is 1. The van der Waals surface area contributed by atoms with Gasteiger partial charge in [0.15, 0.2) is 0 Å². The van der Waals surface area contributed by atoms with Crippen molar-refractivity contribution in [1.29, 1.82) is 0 Å². The Morgan fingerprint density at radius 2 is 2.00 bits per heavy atom. The lowest BCUT2D eigenvalue weighted by Crippen LogP contribution is -2.49. The molecule has 2 N–H and O–H groups in total. The largest absolute Gasteiger partial charge is 0.342 e.